The zero-order valence-corrected chi connectivity index (χ0v) is 10.5. The van der Waals surface area contributed by atoms with E-state index in [-0.39, 0.29) is 6.04 Å². The van der Waals surface area contributed by atoms with E-state index in [1.54, 1.807) is 0 Å². The molecular weight excluding hydrogens is 204 g/mol. The van der Waals surface area contributed by atoms with Gasteiger partial charge in [-0.25, -0.2) is 0 Å². The minimum Gasteiger partial charge on any atom is -0.338 e. The molecule has 0 unspecified atom stereocenters. The lowest BCUT2D eigenvalue weighted by Crippen LogP contribution is -2.51. The summed E-state index contributed by atoms with van der Waals surface area (Å²) in [6.45, 7) is 9.48. The molecule has 0 N–H and O–H groups in total. The van der Waals surface area contributed by atoms with Gasteiger partial charge in [0.2, 0.25) is 5.89 Å². The fourth-order valence-corrected chi connectivity index (χ4v) is 2.35. The number of aromatic nitrogens is 2. The molecule has 0 aliphatic carbocycles. The van der Waals surface area contributed by atoms with E-state index in [4.69, 9.17) is 4.52 Å². The van der Waals surface area contributed by atoms with E-state index >= 15 is 0 Å². The molecule has 2 heterocycles. The Morgan fingerprint density at radius 1 is 1.44 bits per heavy atom. The summed E-state index contributed by atoms with van der Waals surface area (Å²) < 4.78 is 5.24. The van der Waals surface area contributed by atoms with Crippen LogP contribution in [0.2, 0.25) is 0 Å². The van der Waals surface area contributed by atoms with Crippen molar-refractivity contribution in [3.63, 3.8) is 0 Å². The number of rotatable bonds is 2. The highest BCUT2D eigenvalue weighted by atomic mass is 16.5. The average Bonchev–Trinajstić information content (AvgIpc) is 2.64. The van der Waals surface area contributed by atoms with E-state index in [0.717, 1.165) is 25.5 Å². The molecule has 16 heavy (non-hydrogen) atoms. The van der Waals surface area contributed by atoms with Gasteiger partial charge in [-0.2, -0.15) is 4.98 Å². The smallest absolute Gasteiger partial charge is 0.243 e. The molecule has 1 aliphatic rings. The normalized spacial score (nSPS) is 25.9. The van der Waals surface area contributed by atoms with E-state index in [1.807, 2.05) is 6.92 Å². The molecule has 5 heteroatoms. The van der Waals surface area contributed by atoms with E-state index < -0.39 is 0 Å². The molecule has 2 atom stereocenters. The Hall–Kier alpha value is -0.940. The van der Waals surface area contributed by atoms with E-state index in [9.17, 15) is 0 Å². The maximum absolute atomic E-state index is 5.24. The van der Waals surface area contributed by atoms with Gasteiger partial charge in [0.1, 0.15) is 0 Å². The molecular formula is C11H20N4O. The van der Waals surface area contributed by atoms with Crippen molar-refractivity contribution in [1.82, 2.24) is 19.9 Å². The number of nitrogens with zero attached hydrogens (tertiary/aromatic N) is 4. The molecule has 1 aromatic heterocycles. The van der Waals surface area contributed by atoms with Gasteiger partial charge in [0, 0.05) is 25.7 Å². The topological polar surface area (TPSA) is 45.4 Å². The minimum atomic E-state index is 0.213. The summed E-state index contributed by atoms with van der Waals surface area (Å²) in [5, 5.41) is 3.85. The molecule has 0 bridgehead atoms. The van der Waals surface area contributed by atoms with Crippen LogP contribution in [0.25, 0.3) is 0 Å². The molecule has 90 valence electrons. The van der Waals surface area contributed by atoms with Crippen molar-refractivity contribution in [3.8, 4) is 0 Å². The van der Waals surface area contributed by atoms with E-state index in [1.165, 1.54) is 0 Å². The first-order chi connectivity index (χ1) is 7.58. The molecule has 0 aromatic carbocycles. The minimum absolute atomic E-state index is 0.213. The summed E-state index contributed by atoms with van der Waals surface area (Å²) in [5.74, 6) is 1.44. The van der Waals surface area contributed by atoms with Crippen molar-refractivity contribution in [1.29, 1.82) is 0 Å². The molecule has 0 spiro atoms. The molecule has 2 rings (SSSR count). The van der Waals surface area contributed by atoms with Crippen molar-refractivity contribution in [3.05, 3.63) is 11.7 Å². The van der Waals surface area contributed by atoms with Gasteiger partial charge >= 0.3 is 0 Å². The summed E-state index contributed by atoms with van der Waals surface area (Å²) in [6, 6.07) is 0.742. The summed E-state index contributed by atoms with van der Waals surface area (Å²) >= 11 is 0. The van der Waals surface area contributed by atoms with Crippen LogP contribution in [0.3, 0.4) is 0 Å². The molecule has 1 aliphatic heterocycles. The van der Waals surface area contributed by atoms with Crippen LogP contribution in [-0.2, 0) is 0 Å². The fraction of sp³-hybridized carbons (Fsp3) is 0.818. The van der Waals surface area contributed by atoms with E-state index in [0.29, 0.717) is 11.9 Å². The predicted molar refractivity (Wildman–Crippen MR) is 61.1 cm³/mol. The van der Waals surface area contributed by atoms with Gasteiger partial charge < -0.3 is 9.42 Å². The number of piperazine rings is 1. The molecule has 0 amide bonds. The summed E-state index contributed by atoms with van der Waals surface area (Å²) in [7, 11) is 2.16. The lowest BCUT2D eigenvalue weighted by Gasteiger charge is -2.40. The van der Waals surface area contributed by atoms with Crippen molar-refractivity contribution in [2.75, 3.05) is 26.7 Å². The predicted octanol–water partition coefficient (Wildman–Crippen LogP) is 1.07. The Morgan fingerprint density at radius 3 is 2.75 bits per heavy atom. The first kappa shape index (κ1) is 11.5. The van der Waals surface area contributed by atoms with Crippen LogP contribution in [0.5, 0.6) is 0 Å². The van der Waals surface area contributed by atoms with Crippen LogP contribution >= 0.6 is 0 Å². The third-order valence-electron chi connectivity index (χ3n) is 3.28. The first-order valence-corrected chi connectivity index (χ1v) is 5.82. The highest BCUT2D eigenvalue weighted by Gasteiger charge is 2.29. The second-order valence-electron chi connectivity index (χ2n) is 4.70. The molecule has 5 nitrogen and oxygen atoms in total. The summed E-state index contributed by atoms with van der Waals surface area (Å²) in [6.07, 6.45) is 0. The van der Waals surface area contributed by atoms with Gasteiger partial charge in [-0.1, -0.05) is 5.16 Å². The van der Waals surface area contributed by atoms with Crippen LogP contribution in [0.4, 0.5) is 0 Å². The van der Waals surface area contributed by atoms with Crippen LogP contribution in [0, 0.1) is 6.92 Å². The van der Waals surface area contributed by atoms with Gasteiger partial charge in [-0.3, -0.25) is 4.90 Å². The van der Waals surface area contributed by atoms with Gasteiger partial charge in [-0.05, 0) is 27.8 Å². The van der Waals surface area contributed by atoms with Gasteiger partial charge in [-0.15, -0.1) is 0 Å². The van der Waals surface area contributed by atoms with Crippen molar-refractivity contribution >= 4 is 0 Å². The Bertz CT molecular complexity index is 352. The zero-order valence-electron chi connectivity index (χ0n) is 10.5. The number of hydrogen-bond donors (Lipinski definition) is 0. The fourth-order valence-electron chi connectivity index (χ4n) is 2.35. The van der Waals surface area contributed by atoms with Crippen LogP contribution < -0.4 is 0 Å². The Morgan fingerprint density at radius 2 is 2.19 bits per heavy atom. The monoisotopic (exact) mass is 224 g/mol. The zero-order chi connectivity index (χ0) is 11.7. The van der Waals surface area contributed by atoms with Crippen molar-refractivity contribution < 1.29 is 4.52 Å². The van der Waals surface area contributed by atoms with Gasteiger partial charge in [0.25, 0.3) is 0 Å². The Labute approximate surface area is 96.4 Å². The number of likely N-dealkylation sites (N-methyl/N-ethyl adjacent to an activating group) is 1. The standard InChI is InChI=1S/C11H20N4O/c1-8-7-14(4)5-6-15(8)9(2)11-12-10(3)13-16-11/h8-9H,5-7H2,1-4H3/t8-,9+/m1/s1. The summed E-state index contributed by atoms with van der Waals surface area (Å²) in [5.41, 5.74) is 0. The van der Waals surface area contributed by atoms with Crippen molar-refractivity contribution in [2.24, 2.45) is 0 Å². The lowest BCUT2D eigenvalue weighted by molar-refractivity contribution is 0.0545. The third kappa shape index (κ3) is 2.25. The maximum Gasteiger partial charge on any atom is 0.243 e. The Balaban J connectivity index is 2.07. The molecule has 1 aromatic rings. The van der Waals surface area contributed by atoms with Crippen LogP contribution in [-0.4, -0.2) is 52.7 Å². The van der Waals surface area contributed by atoms with Crippen LogP contribution in [0.15, 0.2) is 4.52 Å². The highest BCUT2D eigenvalue weighted by molar-refractivity contribution is 4.93. The first-order valence-electron chi connectivity index (χ1n) is 5.82. The SMILES string of the molecule is Cc1noc([C@H](C)N2CCN(C)C[C@H]2C)n1. The molecule has 0 radical (unpaired) electrons. The highest BCUT2D eigenvalue weighted by Crippen LogP contribution is 2.23. The lowest BCUT2D eigenvalue weighted by atomic mass is 10.1. The Kier molecular flexibility index (Phi) is 3.25. The van der Waals surface area contributed by atoms with E-state index in [2.05, 4.69) is 40.8 Å². The average molecular weight is 224 g/mol. The molecule has 1 saturated heterocycles. The van der Waals surface area contributed by atoms with Crippen LogP contribution in [0.1, 0.15) is 31.6 Å². The maximum atomic E-state index is 5.24. The van der Waals surface area contributed by atoms with Crippen molar-refractivity contribution in [2.45, 2.75) is 32.9 Å². The molecule has 0 saturated carbocycles. The number of aryl methyl sites for hydroxylation is 1. The van der Waals surface area contributed by atoms with Gasteiger partial charge in [0.15, 0.2) is 5.82 Å². The quantitative estimate of drug-likeness (QED) is 0.752. The number of hydrogen-bond acceptors (Lipinski definition) is 5. The summed E-state index contributed by atoms with van der Waals surface area (Å²) in [4.78, 5) is 9.08. The largest absolute Gasteiger partial charge is 0.338 e. The molecule has 1 fully saturated rings. The van der Waals surface area contributed by atoms with Gasteiger partial charge in [0.05, 0.1) is 6.04 Å². The third-order valence-corrected chi connectivity index (χ3v) is 3.28. The second-order valence-corrected chi connectivity index (χ2v) is 4.70. The second kappa shape index (κ2) is 4.51.